The van der Waals surface area contributed by atoms with Gasteiger partial charge < -0.3 is 12.4 Å². The molecule has 0 unspecified atom stereocenters. The number of aryl methyl sites for hydroxylation is 1. The molecule has 0 saturated carbocycles. The average Bonchev–Trinajstić information content (AvgIpc) is 2.75. The van der Waals surface area contributed by atoms with E-state index in [0.29, 0.717) is 0 Å². The standard InChI is InChI=1S/C14H12N2.ClH/c1-11-6-5-9-13-14(11)16(10-15-13)12-7-3-2-4-8-12;/h2-10H,1H3;1H. The first kappa shape index (κ1) is 11.7. The van der Waals surface area contributed by atoms with Crippen LogP contribution in [0.5, 0.6) is 0 Å². The van der Waals surface area contributed by atoms with Gasteiger partial charge in [0.15, 0.2) is 11.0 Å². The van der Waals surface area contributed by atoms with Gasteiger partial charge in [0, 0.05) is 5.56 Å². The first-order chi connectivity index (χ1) is 7.86. The maximum Gasteiger partial charge on any atom is 0.247 e. The molecule has 0 aliphatic carbocycles. The molecule has 0 bridgehead atoms. The van der Waals surface area contributed by atoms with Crippen molar-refractivity contribution in [3.63, 3.8) is 0 Å². The van der Waals surface area contributed by atoms with E-state index < -0.39 is 0 Å². The number of aromatic amines is 1. The number of fused-ring (bicyclic) bond motifs is 1. The van der Waals surface area contributed by atoms with Gasteiger partial charge in [0.2, 0.25) is 6.33 Å². The number of para-hydroxylation sites is 2. The normalized spacial score (nSPS) is 10.2. The molecule has 0 spiro atoms. The zero-order valence-corrected chi connectivity index (χ0v) is 10.3. The molecule has 0 aliphatic rings. The topological polar surface area (TPSA) is 19.7 Å². The molecule has 0 atom stereocenters. The molecule has 0 amide bonds. The lowest BCUT2D eigenvalue weighted by molar-refractivity contribution is -0.567. The number of benzene rings is 2. The summed E-state index contributed by atoms with van der Waals surface area (Å²) >= 11 is 0. The van der Waals surface area contributed by atoms with Crippen LogP contribution >= 0.6 is 0 Å². The molecule has 2 nitrogen and oxygen atoms in total. The Bertz CT molecular complexity index is 629. The summed E-state index contributed by atoms with van der Waals surface area (Å²) in [5.41, 5.74) is 4.88. The van der Waals surface area contributed by atoms with E-state index in [1.807, 2.05) is 12.4 Å². The second-order valence-electron chi connectivity index (χ2n) is 3.95. The molecule has 3 heteroatoms. The molecule has 1 aromatic heterocycles. The van der Waals surface area contributed by atoms with E-state index in [4.69, 9.17) is 0 Å². The van der Waals surface area contributed by atoms with Gasteiger partial charge in [-0.3, -0.25) is 0 Å². The van der Waals surface area contributed by atoms with Crippen molar-refractivity contribution in [2.45, 2.75) is 6.92 Å². The quantitative estimate of drug-likeness (QED) is 0.570. The zero-order valence-electron chi connectivity index (χ0n) is 9.52. The fourth-order valence-electron chi connectivity index (χ4n) is 2.09. The van der Waals surface area contributed by atoms with Gasteiger partial charge in [-0.25, -0.2) is 4.98 Å². The molecule has 86 valence electrons. The number of imidazole rings is 1. The summed E-state index contributed by atoms with van der Waals surface area (Å²) in [4.78, 5) is 3.29. The van der Waals surface area contributed by atoms with Crippen molar-refractivity contribution in [3.05, 3.63) is 60.4 Å². The van der Waals surface area contributed by atoms with Gasteiger partial charge in [-0.15, -0.1) is 0 Å². The second kappa shape index (κ2) is 4.60. The van der Waals surface area contributed by atoms with Crippen LogP contribution in [0.15, 0.2) is 54.9 Å². The third-order valence-corrected chi connectivity index (χ3v) is 2.86. The smallest absolute Gasteiger partial charge is 0.247 e. The van der Waals surface area contributed by atoms with Gasteiger partial charge in [-0.1, -0.05) is 30.3 Å². The molecular formula is C14H13ClN2. The van der Waals surface area contributed by atoms with E-state index in [-0.39, 0.29) is 12.4 Å². The molecule has 17 heavy (non-hydrogen) atoms. The summed E-state index contributed by atoms with van der Waals surface area (Å²) in [5.74, 6) is 0. The van der Waals surface area contributed by atoms with Crippen LogP contribution < -0.4 is 17.0 Å². The second-order valence-corrected chi connectivity index (χ2v) is 3.95. The van der Waals surface area contributed by atoms with Crippen molar-refractivity contribution >= 4 is 11.0 Å². The van der Waals surface area contributed by atoms with Gasteiger partial charge in [-0.2, -0.15) is 4.57 Å². The summed E-state index contributed by atoms with van der Waals surface area (Å²) in [5, 5.41) is 0. The minimum absolute atomic E-state index is 0. The van der Waals surface area contributed by atoms with Gasteiger partial charge in [-0.05, 0) is 25.1 Å². The molecule has 0 fully saturated rings. The molecule has 1 heterocycles. The fraction of sp³-hybridized carbons (Fsp3) is 0.0714. The maximum atomic E-state index is 3.29. The number of nitrogens with zero attached hydrogens (tertiary/aromatic N) is 1. The highest BCUT2D eigenvalue weighted by atomic mass is 35.5. The number of H-pyrrole nitrogens is 1. The van der Waals surface area contributed by atoms with Crippen LogP contribution in [0.1, 0.15) is 5.56 Å². The number of hydrogen-bond donors (Lipinski definition) is 1. The highest BCUT2D eigenvalue weighted by Gasteiger charge is 2.12. The van der Waals surface area contributed by atoms with E-state index >= 15 is 0 Å². The highest BCUT2D eigenvalue weighted by molar-refractivity contribution is 5.75. The Morgan fingerprint density at radius 2 is 1.71 bits per heavy atom. The number of aromatic nitrogens is 2. The number of halogens is 1. The highest BCUT2D eigenvalue weighted by Crippen LogP contribution is 2.14. The Kier molecular flexibility index (Phi) is 3.16. The third kappa shape index (κ3) is 1.92. The largest absolute Gasteiger partial charge is 1.00 e. The predicted octanol–water partition coefficient (Wildman–Crippen LogP) is -0.243. The van der Waals surface area contributed by atoms with Crippen molar-refractivity contribution < 1.29 is 17.0 Å². The lowest BCUT2D eigenvalue weighted by Crippen LogP contribution is -3.00. The number of hydrogen-bond acceptors (Lipinski definition) is 0. The summed E-state index contributed by atoms with van der Waals surface area (Å²) in [6.07, 6.45) is 2.01. The van der Waals surface area contributed by atoms with Crippen LogP contribution in [-0.4, -0.2) is 4.98 Å². The van der Waals surface area contributed by atoms with Gasteiger partial charge in [0.25, 0.3) is 0 Å². The van der Waals surface area contributed by atoms with E-state index in [0.717, 1.165) is 0 Å². The van der Waals surface area contributed by atoms with Crippen LogP contribution in [0.4, 0.5) is 0 Å². The van der Waals surface area contributed by atoms with Crippen molar-refractivity contribution in [2.24, 2.45) is 0 Å². The van der Waals surface area contributed by atoms with Gasteiger partial charge in [0.1, 0.15) is 5.69 Å². The molecule has 0 radical (unpaired) electrons. The first-order valence-corrected chi connectivity index (χ1v) is 5.40. The van der Waals surface area contributed by atoms with Gasteiger partial charge >= 0.3 is 0 Å². The third-order valence-electron chi connectivity index (χ3n) is 2.86. The Labute approximate surface area is 106 Å². The van der Waals surface area contributed by atoms with E-state index in [1.54, 1.807) is 0 Å². The summed E-state index contributed by atoms with van der Waals surface area (Å²) in [6, 6.07) is 16.7. The number of nitrogens with one attached hydrogen (secondary N) is 1. The fourth-order valence-corrected chi connectivity index (χ4v) is 2.09. The predicted molar refractivity (Wildman–Crippen MR) is 64.6 cm³/mol. The minimum Gasteiger partial charge on any atom is -1.00 e. The van der Waals surface area contributed by atoms with Crippen LogP contribution in [-0.2, 0) is 0 Å². The monoisotopic (exact) mass is 244 g/mol. The van der Waals surface area contributed by atoms with Crippen molar-refractivity contribution in [3.8, 4) is 5.69 Å². The van der Waals surface area contributed by atoms with Gasteiger partial charge in [0.05, 0.1) is 0 Å². The maximum absolute atomic E-state index is 3.29. The summed E-state index contributed by atoms with van der Waals surface area (Å²) in [6.45, 7) is 2.13. The molecule has 3 aromatic rings. The lowest BCUT2D eigenvalue weighted by Gasteiger charge is -1.98. The zero-order chi connectivity index (χ0) is 11.0. The van der Waals surface area contributed by atoms with Crippen LogP contribution in [0.2, 0.25) is 0 Å². The van der Waals surface area contributed by atoms with Crippen LogP contribution in [0.25, 0.3) is 16.7 Å². The van der Waals surface area contributed by atoms with E-state index in [1.165, 1.54) is 22.3 Å². The molecular weight excluding hydrogens is 232 g/mol. The summed E-state index contributed by atoms with van der Waals surface area (Å²) < 4.78 is 2.19. The summed E-state index contributed by atoms with van der Waals surface area (Å²) in [7, 11) is 0. The molecule has 1 N–H and O–H groups in total. The lowest BCUT2D eigenvalue weighted by atomic mass is 10.2. The van der Waals surface area contributed by atoms with Crippen molar-refractivity contribution in [1.29, 1.82) is 0 Å². The minimum atomic E-state index is 0. The Morgan fingerprint density at radius 1 is 0.941 bits per heavy atom. The molecule has 0 aliphatic heterocycles. The Balaban J connectivity index is 0.00000108. The Morgan fingerprint density at radius 3 is 2.47 bits per heavy atom. The van der Waals surface area contributed by atoms with Crippen LogP contribution in [0.3, 0.4) is 0 Å². The first-order valence-electron chi connectivity index (χ1n) is 5.40. The number of rotatable bonds is 1. The van der Waals surface area contributed by atoms with Crippen LogP contribution in [0, 0.1) is 6.92 Å². The molecule has 0 saturated heterocycles. The molecule has 2 aromatic carbocycles. The van der Waals surface area contributed by atoms with Crippen molar-refractivity contribution in [1.82, 2.24) is 4.98 Å². The Hall–Kier alpha value is -1.80. The SMILES string of the molecule is Cc1cccc2[nH]c[n+](-c3ccccc3)c12.[Cl-]. The average molecular weight is 245 g/mol. The van der Waals surface area contributed by atoms with E-state index in [9.17, 15) is 0 Å². The molecule has 3 rings (SSSR count). The van der Waals surface area contributed by atoms with E-state index in [2.05, 4.69) is 58.9 Å². The van der Waals surface area contributed by atoms with Crippen molar-refractivity contribution in [2.75, 3.05) is 0 Å².